The highest BCUT2D eigenvalue weighted by molar-refractivity contribution is 5.85. The SMILES string of the molecule is C.COC(C)(C)C(=N)N. The number of nitrogens with one attached hydrogen (secondary N) is 1. The minimum absolute atomic E-state index is 0. The first-order valence-corrected chi connectivity index (χ1v) is 2.40. The van der Waals surface area contributed by atoms with Crippen molar-refractivity contribution in [2.75, 3.05) is 7.11 Å². The Balaban J connectivity index is 0. The molecule has 0 saturated heterocycles. The van der Waals surface area contributed by atoms with Gasteiger partial charge in [0.2, 0.25) is 0 Å². The van der Waals surface area contributed by atoms with E-state index in [0.29, 0.717) is 0 Å². The first-order chi connectivity index (χ1) is 3.50. The summed E-state index contributed by atoms with van der Waals surface area (Å²) in [7, 11) is 1.53. The zero-order chi connectivity index (χ0) is 6.78. The lowest BCUT2D eigenvalue weighted by Crippen LogP contribution is -2.38. The number of methoxy groups -OCH3 is 1. The van der Waals surface area contributed by atoms with Crippen molar-refractivity contribution in [3.63, 3.8) is 0 Å². The van der Waals surface area contributed by atoms with E-state index in [1.165, 1.54) is 7.11 Å². The monoisotopic (exact) mass is 132 g/mol. The van der Waals surface area contributed by atoms with Crippen LogP contribution in [0.4, 0.5) is 0 Å². The predicted octanol–water partition coefficient (Wildman–Crippen LogP) is 0.983. The van der Waals surface area contributed by atoms with E-state index >= 15 is 0 Å². The average molecular weight is 132 g/mol. The second-order valence-electron chi connectivity index (χ2n) is 2.13. The largest absolute Gasteiger partial charge is 0.385 e. The highest BCUT2D eigenvalue weighted by Crippen LogP contribution is 2.04. The molecule has 0 heterocycles. The molecule has 0 bridgehead atoms. The number of hydrogen-bond donors (Lipinski definition) is 2. The van der Waals surface area contributed by atoms with E-state index in [1.807, 2.05) is 0 Å². The highest BCUT2D eigenvalue weighted by Gasteiger charge is 2.19. The molecule has 0 aromatic heterocycles. The van der Waals surface area contributed by atoms with Crippen LogP contribution in [-0.2, 0) is 4.74 Å². The summed E-state index contributed by atoms with van der Waals surface area (Å²) >= 11 is 0. The lowest BCUT2D eigenvalue weighted by atomic mass is 10.1. The Kier molecular flexibility index (Phi) is 4.32. The van der Waals surface area contributed by atoms with Crippen LogP contribution in [0.3, 0.4) is 0 Å². The summed E-state index contributed by atoms with van der Waals surface area (Å²) in [4.78, 5) is 0. The minimum Gasteiger partial charge on any atom is -0.385 e. The molecule has 0 aromatic carbocycles. The zero-order valence-corrected chi connectivity index (χ0v) is 5.49. The summed E-state index contributed by atoms with van der Waals surface area (Å²) in [6, 6.07) is 0. The normalized spacial score (nSPS) is 10.1. The number of ether oxygens (including phenoxy) is 1. The average Bonchev–Trinajstić information content (AvgIpc) is 1.67. The first kappa shape index (κ1) is 11.3. The van der Waals surface area contributed by atoms with Gasteiger partial charge >= 0.3 is 0 Å². The van der Waals surface area contributed by atoms with Crippen LogP contribution in [-0.4, -0.2) is 18.5 Å². The summed E-state index contributed by atoms with van der Waals surface area (Å²) in [5.41, 5.74) is 4.54. The molecule has 9 heavy (non-hydrogen) atoms. The minimum atomic E-state index is -0.597. The van der Waals surface area contributed by atoms with Gasteiger partial charge in [-0.25, -0.2) is 0 Å². The van der Waals surface area contributed by atoms with Crippen molar-refractivity contribution in [2.45, 2.75) is 26.9 Å². The van der Waals surface area contributed by atoms with Crippen molar-refractivity contribution in [3.8, 4) is 0 Å². The topological polar surface area (TPSA) is 59.1 Å². The van der Waals surface area contributed by atoms with Gasteiger partial charge in [-0.05, 0) is 13.8 Å². The first-order valence-electron chi connectivity index (χ1n) is 2.40. The molecule has 0 atom stereocenters. The molecule has 0 aliphatic heterocycles. The Labute approximate surface area is 56.7 Å². The van der Waals surface area contributed by atoms with Gasteiger partial charge < -0.3 is 10.5 Å². The molecule has 0 aliphatic rings. The van der Waals surface area contributed by atoms with Gasteiger partial charge in [-0.15, -0.1) is 0 Å². The quantitative estimate of drug-likeness (QED) is 0.434. The molecule has 0 spiro atoms. The van der Waals surface area contributed by atoms with Gasteiger partial charge in [0.15, 0.2) is 0 Å². The third kappa shape index (κ3) is 3.08. The molecule has 56 valence electrons. The summed E-state index contributed by atoms with van der Waals surface area (Å²) < 4.78 is 4.85. The summed E-state index contributed by atoms with van der Waals surface area (Å²) in [5.74, 6) is 0.0556. The maximum absolute atomic E-state index is 6.95. The number of amidine groups is 1. The molecule has 0 unspecified atom stereocenters. The van der Waals surface area contributed by atoms with E-state index in [9.17, 15) is 0 Å². The maximum Gasteiger partial charge on any atom is 0.123 e. The standard InChI is InChI=1S/C5H12N2O.CH4/c1-5(2,8-3)4(6)7;/h1-3H3,(H3,6,7);1H4. The summed E-state index contributed by atoms with van der Waals surface area (Å²) in [5, 5.41) is 6.95. The molecule has 3 N–H and O–H groups in total. The molecule has 0 radical (unpaired) electrons. The van der Waals surface area contributed by atoms with Crippen molar-refractivity contribution in [2.24, 2.45) is 5.73 Å². The third-order valence-electron chi connectivity index (χ3n) is 1.16. The van der Waals surface area contributed by atoms with Crippen molar-refractivity contribution in [3.05, 3.63) is 0 Å². The molecule has 3 nitrogen and oxygen atoms in total. The van der Waals surface area contributed by atoms with Crippen LogP contribution in [0.25, 0.3) is 0 Å². The van der Waals surface area contributed by atoms with Crippen molar-refractivity contribution in [1.82, 2.24) is 0 Å². The second kappa shape index (κ2) is 3.45. The molecule has 0 aromatic rings. The lowest BCUT2D eigenvalue weighted by molar-refractivity contribution is 0.0810. The zero-order valence-electron chi connectivity index (χ0n) is 5.49. The smallest absolute Gasteiger partial charge is 0.123 e. The fourth-order valence-electron chi connectivity index (χ4n) is 0.110. The van der Waals surface area contributed by atoms with Crippen LogP contribution in [0.15, 0.2) is 0 Å². The maximum atomic E-state index is 6.95. The van der Waals surface area contributed by atoms with Crippen molar-refractivity contribution < 1.29 is 4.74 Å². The van der Waals surface area contributed by atoms with Crippen LogP contribution in [0, 0.1) is 5.41 Å². The fourth-order valence-corrected chi connectivity index (χ4v) is 0.110. The van der Waals surface area contributed by atoms with E-state index in [1.54, 1.807) is 13.8 Å². The van der Waals surface area contributed by atoms with Gasteiger partial charge in [0.05, 0.1) is 0 Å². The van der Waals surface area contributed by atoms with E-state index in [4.69, 9.17) is 15.9 Å². The molecular weight excluding hydrogens is 116 g/mol. The van der Waals surface area contributed by atoms with Crippen LogP contribution in [0.2, 0.25) is 0 Å². The summed E-state index contributed by atoms with van der Waals surface area (Å²) in [6.07, 6.45) is 0. The Morgan fingerprint density at radius 1 is 1.56 bits per heavy atom. The van der Waals surface area contributed by atoms with E-state index in [0.717, 1.165) is 0 Å². The lowest BCUT2D eigenvalue weighted by Gasteiger charge is -2.19. The van der Waals surface area contributed by atoms with E-state index in [-0.39, 0.29) is 13.3 Å². The molecule has 0 amide bonds. The van der Waals surface area contributed by atoms with Gasteiger partial charge in [0, 0.05) is 7.11 Å². The van der Waals surface area contributed by atoms with Crippen molar-refractivity contribution in [1.29, 1.82) is 5.41 Å². The van der Waals surface area contributed by atoms with Crippen molar-refractivity contribution >= 4 is 5.84 Å². The second-order valence-corrected chi connectivity index (χ2v) is 2.13. The molecule has 0 aliphatic carbocycles. The van der Waals surface area contributed by atoms with E-state index < -0.39 is 5.60 Å². The molecule has 3 heteroatoms. The predicted molar refractivity (Wildman–Crippen MR) is 39.7 cm³/mol. The van der Waals surface area contributed by atoms with Crippen LogP contribution in [0.5, 0.6) is 0 Å². The van der Waals surface area contributed by atoms with Crippen LogP contribution in [0.1, 0.15) is 21.3 Å². The van der Waals surface area contributed by atoms with Gasteiger partial charge in [0.25, 0.3) is 0 Å². The Morgan fingerprint density at radius 3 is 1.89 bits per heavy atom. The van der Waals surface area contributed by atoms with Gasteiger partial charge in [-0.1, -0.05) is 7.43 Å². The van der Waals surface area contributed by atoms with E-state index in [2.05, 4.69) is 0 Å². The van der Waals surface area contributed by atoms with Crippen LogP contribution >= 0.6 is 0 Å². The molecule has 0 saturated carbocycles. The Hall–Kier alpha value is -0.570. The van der Waals surface area contributed by atoms with Gasteiger partial charge in [-0.3, -0.25) is 5.41 Å². The molecule has 0 fully saturated rings. The highest BCUT2D eigenvalue weighted by atomic mass is 16.5. The molecular formula is C6H16N2O. The molecule has 0 rings (SSSR count). The fraction of sp³-hybridized carbons (Fsp3) is 0.833. The number of hydrogen-bond acceptors (Lipinski definition) is 2. The van der Waals surface area contributed by atoms with Crippen LogP contribution < -0.4 is 5.73 Å². The Bertz CT molecular complexity index is 99.2. The Morgan fingerprint density at radius 2 is 1.89 bits per heavy atom. The van der Waals surface area contributed by atoms with Gasteiger partial charge in [0.1, 0.15) is 11.4 Å². The number of rotatable bonds is 2. The number of nitrogens with two attached hydrogens (primary N) is 1. The van der Waals surface area contributed by atoms with Gasteiger partial charge in [-0.2, -0.15) is 0 Å². The third-order valence-corrected chi connectivity index (χ3v) is 1.16. The summed E-state index contributed by atoms with van der Waals surface area (Å²) in [6.45, 7) is 3.49.